The maximum atomic E-state index is 12.4. The molecule has 3 N–H and O–H groups in total. The van der Waals surface area contributed by atoms with Gasteiger partial charge in [0.1, 0.15) is 0 Å². The lowest BCUT2D eigenvalue weighted by Gasteiger charge is -2.20. The van der Waals surface area contributed by atoms with Crippen LogP contribution in [0.4, 0.5) is 0 Å². The Morgan fingerprint density at radius 1 is 0.359 bits per heavy atom. The Morgan fingerprint density at radius 2 is 0.654 bits per heavy atom. The molecule has 2 atom stereocenters. The second-order valence-corrected chi connectivity index (χ2v) is 23.5. The number of carbonyl (C=O) groups excluding carboxylic acids is 2. The van der Waals surface area contributed by atoms with Crippen molar-refractivity contribution >= 4 is 11.9 Å². The average Bonchev–Trinajstić information content (AvgIpc) is 3.44. The summed E-state index contributed by atoms with van der Waals surface area (Å²) in [5.41, 5.74) is 0. The highest BCUT2D eigenvalue weighted by Gasteiger charge is 2.18. The van der Waals surface area contributed by atoms with E-state index in [1.807, 2.05) is 6.08 Å². The minimum absolute atomic E-state index is 0.00348. The molecule has 0 aromatic carbocycles. The number of aliphatic hydroxyl groups is 2. The molecular weight excluding hydrogens is 959 g/mol. The number of carbonyl (C=O) groups is 2. The van der Waals surface area contributed by atoms with Crippen LogP contribution in [0.25, 0.3) is 0 Å². The Bertz CT molecular complexity index is 1350. The summed E-state index contributed by atoms with van der Waals surface area (Å²) in [6.07, 6.45) is 88.9. The van der Waals surface area contributed by atoms with Gasteiger partial charge in [-0.25, -0.2) is 0 Å². The summed E-state index contributed by atoms with van der Waals surface area (Å²) in [5.74, 6) is -0.0632. The number of esters is 1. The molecule has 0 aromatic rings. The van der Waals surface area contributed by atoms with E-state index in [4.69, 9.17) is 4.74 Å². The third-order valence-electron chi connectivity index (χ3n) is 15.8. The first-order chi connectivity index (χ1) is 38.5. The molecule has 0 bridgehead atoms. The van der Waals surface area contributed by atoms with Crippen LogP contribution in [0.5, 0.6) is 0 Å². The second-order valence-electron chi connectivity index (χ2n) is 23.5. The first-order valence-corrected chi connectivity index (χ1v) is 34.6. The molecule has 0 aliphatic carbocycles. The number of aliphatic hydroxyl groups excluding tert-OH is 2. The van der Waals surface area contributed by atoms with Crippen LogP contribution >= 0.6 is 0 Å². The highest BCUT2D eigenvalue weighted by molar-refractivity contribution is 5.76. The summed E-state index contributed by atoms with van der Waals surface area (Å²) in [7, 11) is 0. The zero-order chi connectivity index (χ0) is 56.4. The fourth-order valence-corrected chi connectivity index (χ4v) is 10.4. The van der Waals surface area contributed by atoms with Crippen molar-refractivity contribution in [3.05, 3.63) is 60.8 Å². The summed E-state index contributed by atoms with van der Waals surface area (Å²) in [5, 5.41) is 23.0. The standard InChI is InChI=1S/C72H133NO5/c1-3-5-7-9-11-13-15-16-43-46-50-54-58-62-66-72(77)78-67-63-59-55-51-47-44-41-39-37-35-33-31-29-27-25-23-21-19-17-18-20-22-24-26-28-30-32-34-36-38-40-42-45-49-53-57-61-65-71(76)73-69(68-74)70(75)64-60-56-52-48-14-12-10-8-6-4-2/h9,11,15-17,19,23,25,60,64,69-70,74-75H,3-8,10,12-14,18,20-22,24,26-59,61-63,65-68H2,1-2H3,(H,73,76)/b11-9-,16-15-,19-17-,25-23-,64-60+. The van der Waals surface area contributed by atoms with Crippen LogP contribution in [-0.2, 0) is 14.3 Å². The topological polar surface area (TPSA) is 95.9 Å². The van der Waals surface area contributed by atoms with Gasteiger partial charge in [0.25, 0.3) is 0 Å². The van der Waals surface area contributed by atoms with E-state index in [2.05, 4.69) is 67.8 Å². The Hall–Kier alpha value is -2.44. The molecule has 0 radical (unpaired) electrons. The number of nitrogens with one attached hydrogen (secondary N) is 1. The highest BCUT2D eigenvalue weighted by atomic mass is 16.5. The quantitative estimate of drug-likeness (QED) is 0.0320. The van der Waals surface area contributed by atoms with E-state index in [1.165, 1.54) is 276 Å². The smallest absolute Gasteiger partial charge is 0.305 e. The monoisotopic (exact) mass is 1090 g/mol. The number of unbranched alkanes of at least 4 members (excludes halogenated alkanes) is 45. The van der Waals surface area contributed by atoms with Crippen molar-refractivity contribution in [3.63, 3.8) is 0 Å². The van der Waals surface area contributed by atoms with Crippen molar-refractivity contribution in [2.24, 2.45) is 0 Å². The van der Waals surface area contributed by atoms with Crippen molar-refractivity contribution in [1.29, 1.82) is 0 Å². The van der Waals surface area contributed by atoms with Crippen LogP contribution in [-0.4, -0.2) is 47.4 Å². The van der Waals surface area contributed by atoms with Crippen molar-refractivity contribution in [1.82, 2.24) is 5.32 Å². The fourth-order valence-electron chi connectivity index (χ4n) is 10.4. The molecule has 0 fully saturated rings. The van der Waals surface area contributed by atoms with E-state index in [9.17, 15) is 19.8 Å². The number of amides is 1. The van der Waals surface area contributed by atoms with Crippen LogP contribution in [0.1, 0.15) is 361 Å². The minimum Gasteiger partial charge on any atom is -0.466 e. The summed E-state index contributed by atoms with van der Waals surface area (Å²) >= 11 is 0. The predicted octanol–water partition coefficient (Wildman–Crippen LogP) is 22.3. The molecule has 0 saturated carbocycles. The molecule has 2 unspecified atom stereocenters. The molecule has 0 aliphatic rings. The zero-order valence-electron chi connectivity index (χ0n) is 52.1. The molecular formula is C72H133NO5. The van der Waals surface area contributed by atoms with Crippen molar-refractivity contribution in [2.75, 3.05) is 13.2 Å². The molecule has 0 heterocycles. The fraction of sp³-hybridized carbons (Fsp3) is 0.833. The van der Waals surface area contributed by atoms with E-state index < -0.39 is 12.1 Å². The van der Waals surface area contributed by atoms with Crippen LogP contribution in [0.3, 0.4) is 0 Å². The highest BCUT2D eigenvalue weighted by Crippen LogP contribution is 2.18. The Kier molecular flexibility index (Phi) is 65.0. The maximum absolute atomic E-state index is 12.4. The molecule has 6 heteroatoms. The molecule has 0 rings (SSSR count). The van der Waals surface area contributed by atoms with Gasteiger partial charge in [-0.2, -0.15) is 0 Å². The van der Waals surface area contributed by atoms with E-state index in [0.29, 0.717) is 19.4 Å². The minimum atomic E-state index is -0.841. The normalized spacial score (nSPS) is 12.9. The van der Waals surface area contributed by atoms with Crippen molar-refractivity contribution < 1.29 is 24.5 Å². The molecule has 1 amide bonds. The van der Waals surface area contributed by atoms with Gasteiger partial charge >= 0.3 is 5.97 Å². The van der Waals surface area contributed by atoms with Crippen molar-refractivity contribution in [3.8, 4) is 0 Å². The lowest BCUT2D eigenvalue weighted by molar-refractivity contribution is -0.143. The molecule has 0 aliphatic heterocycles. The van der Waals surface area contributed by atoms with Gasteiger partial charge in [-0.3, -0.25) is 9.59 Å². The third-order valence-corrected chi connectivity index (χ3v) is 15.8. The van der Waals surface area contributed by atoms with Crippen LogP contribution in [0.2, 0.25) is 0 Å². The van der Waals surface area contributed by atoms with Crippen LogP contribution in [0, 0.1) is 0 Å². The van der Waals surface area contributed by atoms with Crippen LogP contribution < -0.4 is 5.32 Å². The summed E-state index contributed by atoms with van der Waals surface area (Å²) in [4.78, 5) is 24.5. The van der Waals surface area contributed by atoms with E-state index >= 15 is 0 Å². The molecule has 0 saturated heterocycles. The first-order valence-electron chi connectivity index (χ1n) is 34.6. The third kappa shape index (κ3) is 62.8. The number of hydrogen-bond acceptors (Lipinski definition) is 5. The lowest BCUT2D eigenvalue weighted by Crippen LogP contribution is -2.45. The predicted molar refractivity (Wildman–Crippen MR) is 342 cm³/mol. The molecule has 6 nitrogen and oxygen atoms in total. The Morgan fingerprint density at radius 3 is 1.01 bits per heavy atom. The number of ether oxygens (including phenoxy) is 1. The first kappa shape index (κ1) is 75.6. The van der Waals surface area contributed by atoms with Crippen molar-refractivity contribution in [2.45, 2.75) is 373 Å². The summed E-state index contributed by atoms with van der Waals surface area (Å²) in [6.45, 7) is 4.85. The number of allylic oxidation sites excluding steroid dienone is 9. The lowest BCUT2D eigenvalue weighted by atomic mass is 10.0. The molecule has 456 valence electrons. The van der Waals surface area contributed by atoms with Gasteiger partial charge < -0.3 is 20.3 Å². The van der Waals surface area contributed by atoms with E-state index in [0.717, 1.165) is 57.8 Å². The average molecular weight is 1090 g/mol. The van der Waals surface area contributed by atoms with Gasteiger partial charge in [0, 0.05) is 12.8 Å². The zero-order valence-corrected chi connectivity index (χ0v) is 52.1. The van der Waals surface area contributed by atoms with Gasteiger partial charge in [0.2, 0.25) is 5.91 Å². The van der Waals surface area contributed by atoms with Crippen LogP contribution in [0.15, 0.2) is 60.8 Å². The summed E-state index contributed by atoms with van der Waals surface area (Å²) < 4.78 is 5.48. The SMILES string of the molecule is CCCC/C=C\C/C=C\CCCCCCCC(=O)OCCCCCCCCCCCCCCC/C=C\C/C=C\CCCCCCCCCCCCCCCCCCCC(=O)NC(CO)C(O)/C=C/CCCCCCCCCC. The maximum Gasteiger partial charge on any atom is 0.305 e. The van der Waals surface area contributed by atoms with E-state index in [1.54, 1.807) is 6.08 Å². The van der Waals surface area contributed by atoms with Gasteiger partial charge in [-0.1, -0.05) is 319 Å². The van der Waals surface area contributed by atoms with Gasteiger partial charge in [0.15, 0.2) is 0 Å². The second kappa shape index (κ2) is 67.1. The number of rotatable bonds is 64. The largest absolute Gasteiger partial charge is 0.466 e. The van der Waals surface area contributed by atoms with E-state index in [-0.39, 0.29) is 18.5 Å². The van der Waals surface area contributed by atoms with Gasteiger partial charge in [-0.05, 0) is 89.9 Å². The molecule has 0 spiro atoms. The molecule has 78 heavy (non-hydrogen) atoms. The van der Waals surface area contributed by atoms with Gasteiger partial charge in [0.05, 0.1) is 25.4 Å². The number of hydrogen-bond donors (Lipinski definition) is 3. The summed E-state index contributed by atoms with van der Waals surface area (Å²) in [6, 6.07) is -0.625. The molecule has 0 aromatic heterocycles. The Balaban J connectivity index is 3.36. The van der Waals surface area contributed by atoms with Gasteiger partial charge in [-0.15, -0.1) is 0 Å². The Labute approximate surface area is 486 Å².